The normalized spacial score (nSPS) is 19.0. The third kappa shape index (κ3) is 4.97. The van der Waals surface area contributed by atoms with Crippen LogP contribution in [0.25, 0.3) is 0 Å². The molecule has 178 valence electrons. The molecule has 2 aliphatic heterocycles. The van der Waals surface area contributed by atoms with Crippen LogP contribution in [-0.2, 0) is 22.4 Å². The van der Waals surface area contributed by atoms with Crippen LogP contribution in [0.1, 0.15) is 38.9 Å². The summed E-state index contributed by atoms with van der Waals surface area (Å²) in [6.45, 7) is 6.13. The first-order valence-electron chi connectivity index (χ1n) is 12.0. The molecule has 5 rings (SSSR count). The molecular formula is C27H31N3O2S2. The van der Waals surface area contributed by atoms with Crippen LogP contribution in [0.4, 0.5) is 0 Å². The Labute approximate surface area is 209 Å². The fourth-order valence-electron chi connectivity index (χ4n) is 5.16. The average Bonchev–Trinajstić information content (AvgIpc) is 3.46. The van der Waals surface area contributed by atoms with E-state index in [1.807, 2.05) is 38.6 Å². The molecule has 0 spiro atoms. The number of hydrogen-bond donors (Lipinski definition) is 0. The Balaban J connectivity index is 1.26. The van der Waals surface area contributed by atoms with Crippen molar-refractivity contribution in [2.45, 2.75) is 32.2 Å². The Morgan fingerprint density at radius 1 is 0.853 bits per heavy atom. The zero-order chi connectivity index (χ0) is 23.5. The lowest BCUT2D eigenvalue weighted by molar-refractivity contribution is -0.134. The number of carbonyl (C=O) groups excluding carboxylic acids is 2. The Morgan fingerprint density at radius 2 is 1.65 bits per heavy atom. The number of carbonyl (C=O) groups is 2. The van der Waals surface area contributed by atoms with Gasteiger partial charge in [0.2, 0.25) is 11.8 Å². The summed E-state index contributed by atoms with van der Waals surface area (Å²) >= 11 is 3.45. The monoisotopic (exact) mass is 493 g/mol. The van der Waals surface area contributed by atoms with Gasteiger partial charge in [-0.15, -0.1) is 22.7 Å². The van der Waals surface area contributed by atoms with Gasteiger partial charge in [0.15, 0.2) is 0 Å². The number of fused-ring (bicyclic) bond motifs is 1. The highest BCUT2D eigenvalue weighted by Crippen LogP contribution is 2.38. The van der Waals surface area contributed by atoms with Gasteiger partial charge >= 0.3 is 0 Å². The maximum Gasteiger partial charge on any atom is 0.236 e. The van der Waals surface area contributed by atoms with Crippen molar-refractivity contribution < 1.29 is 9.59 Å². The van der Waals surface area contributed by atoms with Crippen molar-refractivity contribution in [2.75, 3.05) is 39.3 Å². The van der Waals surface area contributed by atoms with Crippen molar-refractivity contribution in [3.63, 3.8) is 0 Å². The molecule has 3 aromatic rings. The Morgan fingerprint density at radius 3 is 2.41 bits per heavy atom. The minimum atomic E-state index is 0.121. The van der Waals surface area contributed by atoms with Crippen LogP contribution in [0.3, 0.4) is 0 Å². The van der Waals surface area contributed by atoms with Crippen molar-refractivity contribution in [1.29, 1.82) is 0 Å². The molecule has 1 atom stereocenters. The number of amides is 2. The molecule has 5 nitrogen and oxygen atoms in total. The largest absolute Gasteiger partial charge is 0.341 e. The van der Waals surface area contributed by atoms with Gasteiger partial charge in [-0.25, -0.2) is 0 Å². The van der Waals surface area contributed by atoms with Crippen LogP contribution in [0.15, 0.2) is 53.2 Å². The number of nitrogens with zero attached hydrogens (tertiary/aromatic N) is 3. The minimum Gasteiger partial charge on any atom is -0.341 e. The number of benzene rings is 1. The van der Waals surface area contributed by atoms with Gasteiger partial charge in [0.05, 0.1) is 19.0 Å². The highest BCUT2D eigenvalue weighted by atomic mass is 32.1. The lowest BCUT2D eigenvalue weighted by atomic mass is 9.90. The maximum absolute atomic E-state index is 13.4. The van der Waals surface area contributed by atoms with Gasteiger partial charge in [0.25, 0.3) is 0 Å². The summed E-state index contributed by atoms with van der Waals surface area (Å²) in [5.74, 6) is 0.335. The first-order valence-corrected chi connectivity index (χ1v) is 13.8. The molecule has 0 aliphatic carbocycles. The molecule has 4 heterocycles. The zero-order valence-electron chi connectivity index (χ0n) is 19.6. The second kappa shape index (κ2) is 10.4. The van der Waals surface area contributed by atoms with Crippen molar-refractivity contribution in [1.82, 2.24) is 14.7 Å². The summed E-state index contributed by atoms with van der Waals surface area (Å²) < 4.78 is 0. The molecule has 1 fully saturated rings. The fourth-order valence-corrected chi connectivity index (χ4v) is 6.76. The van der Waals surface area contributed by atoms with E-state index >= 15 is 0 Å². The van der Waals surface area contributed by atoms with Crippen LogP contribution >= 0.6 is 22.7 Å². The van der Waals surface area contributed by atoms with E-state index in [4.69, 9.17) is 0 Å². The molecule has 2 aliphatic rings. The van der Waals surface area contributed by atoms with E-state index in [2.05, 4.69) is 47.5 Å². The lowest BCUT2D eigenvalue weighted by Gasteiger charge is -2.37. The summed E-state index contributed by atoms with van der Waals surface area (Å²) in [6.07, 6.45) is 2.28. The molecule has 0 unspecified atom stereocenters. The van der Waals surface area contributed by atoms with Crippen LogP contribution in [0.2, 0.25) is 0 Å². The smallest absolute Gasteiger partial charge is 0.236 e. The number of thiophene rings is 2. The van der Waals surface area contributed by atoms with Crippen molar-refractivity contribution in [3.05, 3.63) is 79.7 Å². The first kappa shape index (κ1) is 23.3. The van der Waals surface area contributed by atoms with E-state index in [-0.39, 0.29) is 17.9 Å². The number of rotatable bonds is 5. The summed E-state index contributed by atoms with van der Waals surface area (Å²) in [7, 11) is 0. The zero-order valence-corrected chi connectivity index (χ0v) is 21.2. The van der Waals surface area contributed by atoms with Crippen LogP contribution in [0.5, 0.6) is 0 Å². The van der Waals surface area contributed by atoms with E-state index in [0.29, 0.717) is 32.6 Å². The van der Waals surface area contributed by atoms with E-state index in [1.54, 1.807) is 11.3 Å². The Hall–Kier alpha value is -2.48. The SMILES string of the molecule is Cc1ccccc1[C@H]1c2ccsc2CCN1CC(=O)N1CCCN(C(=O)Cc2cccs2)CC1. The van der Waals surface area contributed by atoms with Crippen LogP contribution in [-0.4, -0.2) is 65.8 Å². The van der Waals surface area contributed by atoms with Crippen molar-refractivity contribution in [3.8, 4) is 0 Å². The van der Waals surface area contributed by atoms with E-state index < -0.39 is 0 Å². The molecule has 1 aromatic carbocycles. The lowest BCUT2D eigenvalue weighted by Crippen LogP contribution is -2.45. The van der Waals surface area contributed by atoms with Gasteiger partial charge in [0.1, 0.15) is 0 Å². The van der Waals surface area contributed by atoms with Gasteiger partial charge < -0.3 is 9.80 Å². The van der Waals surface area contributed by atoms with Gasteiger partial charge in [-0.05, 0) is 59.3 Å². The minimum absolute atomic E-state index is 0.121. The molecule has 0 saturated carbocycles. The Bertz CT molecular complexity index is 1140. The van der Waals surface area contributed by atoms with Crippen molar-refractivity contribution >= 4 is 34.5 Å². The topological polar surface area (TPSA) is 43.9 Å². The number of aryl methyl sites for hydroxylation is 1. The molecule has 0 bridgehead atoms. The highest BCUT2D eigenvalue weighted by molar-refractivity contribution is 7.10. The second-order valence-corrected chi connectivity index (χ2v) is 11.2. The van der Waals surface area contributed by atoms with Gasteiger partial charge in [-0.3, -0.25) is 14.5 Å². The second-order valence-electron chi connectivity index (χ2n) is 9.15. The fraction of sp³-hybridized carbons (Fsp3) is 0.407. The molecule has 0 radical (unpaired) electrons. The molecule has 2 aromatic heterocycles. The van der Waals surface area contributed by atoms with Gasteiger partial charge in [-0.2, -0.15) is 0 Å². The Kier molecular flexibility index (Phi) is 7.13. The van der Waals surface area contributed by atoms with E-state index in [9.17, 15) is 9.59 Å². The summed E-state index contributed by atoms with van der Waals surface area (Å²) in [5.41, 5.74) is 3.90. The molecule has 2 amide bonds. The molecule has 34 heavy (non-hydrogen) atoms. The summed E-state index contributed by atoms with van der Waals surface area (Å²) in [6, 6.07) is 14.9. The highest BCUT2D eigenvalue weighted by Gasteiger charge is 2.33. The maximum atomic E-state index is 13.4. The van der Waals surface area contributed by atoms with Gasteiger partial charge in [-0.1, -0.05) is 30.3 Å². The third-order valence-corrected chi connectivity index (χ3v) is 8.87. The summed E-state index contributed by atoms with van der Waals surface area (Å²) in [4.78, 5) is 35.0. The van der Waals surface area contributed by atoms with Crippen LogP contribution in [0, 0.1) is 6.92 Å². The molecule has 1 saturated heterocycles. The molecular weight excluding hydrogens is 462 g/mol. The van der Waals surface area contributed by atoms with Gasteiger partial charge in [0, 0.05) is 42.5 Å². The molecule has 0 N–H and O–H groups in total. The van der Waals surface area contributed by atoms with Crippen molar-refractivity contribution in [2.24, 2.45) is 0 Å². The third-order valence-electron chi connectivity index (χ3n) is 6.99. The average molecular weight is 494 g/mol. The molecule has 7 heteroatoms. The number of hydrogen-bond acceptors (Lipinski definition) is 5. The van der Waals surface area contributed by atoms with Crippen LogP contribution < -0.4 is 0 Å². The van der Waals surface area contributed by atoms with E-state index in [0.717, 1.165) is 30.8 Å². The standard InChI is InChI=1S/C27H31N3O2S2/c1-20-6-2-3-8-22(20)27-23-10-17-34-24(23)9-13-30(27)19-26(32)29-12-5-11-28(14-15-29)25(31)18-21-7-4-16-33-21/h2-4,6-8,10,16-17,27H,5,9,11-15,18-19H2,1H3/t27-/m0/s1. The predicted octanol–water partition coefficient (Wildman–Crippen LogP) is 4.37. The quantitative estimate of drug-likeness (QED) is 0.530. The first-order chi connectivity index (χ1) is 16.6. The van der Waals surface area contributed by atoms with E-state index in [1.165, 1.54) is 21.6 Å². The summed E-state index contributed by atoms with van der Waals surface area (Å²) in [5, 5.41) is 4.19. The predicted molar refractivity (Wildman–Crippen MR) is 138 cm³/mol.